The summed E-state index contributed by atoms with van der Waals surface area (Å²) < 4.78 is 5.28. The Balaban J connectivity index is 1.91. The smallest absolute Gasteiger partial charge is 0.239 e. The number of ether oxygens (including phenoxy) is 1. The highest BCUT2D eigenvalue weighted by molar-refractivity contribution is 5.81. The van der Waals surface area contributed by atoms with E-state index < -0.39 is 0 Å². The summed E-state index contributed by atoms with van der Waals surface area (Å²) in [5.74, 6) is 0.252. The molecule has 2 saturated heterocycles. The zero-order chi connectivity index (χ0) is 12.3. The molecule has 5 nitrogen and oxygen atoms in total. The maximum Gasteiger partial charge on any atom is 0.239 e. The van der Waals surface area contributed by atoms with E-state index in [9.17, 15) is 4.79 Å². The zero-order valence-corrected chi connectivity index (χ0v) is 10.8. The van der Waals surface area contributed by atoms with Crippen LogP contribution < -0.4 is 5.32 Å². The Labute approximate surface area is 103 Å². The van der Waals surface area contributed by atoms with Crippen molar-refractivity contribution in [1.82, 2.24) is 15.1 Å². The predicted octanol–water partition coefficient (Wildman–Crippen LogP) is -0.473. The molecule has 0 bridgehead atoms. The van der Waals surface area contributed by atoms with E-state index in [0.29, 0.717) is 19.3 Å². The van der Waals surface area contributed by atoms with E-state index >= 15 is 0 Å². The van der Waals surface area contributed by atoms with Crippen LogP contribution in [0.1, 0.15) is 13.8 Å². The molecule has 0 aromatic heterocycles. The monoisotopic (exact) mass is 241 g/mol. The van der Waals surface area contributed by atoms with Crippen molar-refractivity contribution in [2.24, 2.45) is 0 Å². The number of likely N-dealkylation sites (N-methyl/N-ethyl adjacent to an activating group) is 1. The van der Waals surface area contributed by atoms with Crippen molar-refractivity contribution in [1.29, 1.82) is 0 Å². The van der Waals surface area contributed by atoms with Gasteiger partial charge in [-0.3, -0.25) is 9.69 Å². The van der Waals surface area contributed by atoms with Crippen LogP contribution in [-0.4, -0.2) is 73.7 Å². The van der Waals surface area contributed by atoms with E-state index in [1.165, 1.54) is 0 Å². The molecule has 1 N–H and O–H groups in total. The molecule has 1 atom stereocenters. The minimum absolute atomic E-state index is 0.00907. The van der Waals surface area contributed by atoms with Crippen LogP contribution in [0.15, 0.2) is 0 Å². The standard InChI is InChI=1S/C12H23N3O2/c1-3-15(11-8-13-9-11)10(2)12(16)14-4-6-17-7-5-14/h10-11,13H,3-9H2,1-2H3. The molecule has 0 spiro atoms. The van der Waals surface area contributed by atoms with Gasteiger partial charge in [-0.05, 0) is 13.5 Å². The molecule has 0 aromatic carbocycles. The molecule has 1 amide bonds. The minimum atomic E-state index is -0.00907. The Bertz CT molecular complexity index is 262. The number of hydrogen-bond donors (Lipinski definition) is 1. The van der Waals surface area contributed by atoms with Gasteiger partial charge in [0.05, 0.1) is 19.3 Å². The van der Waals surface area contributed by atoms with Crippen LogP contribution in [0.5, 0.6) is 0 Å². The third-order valence-corrected chi connectivity index (χ3v) is 3.77. The van der Waals surface area contributed by atoms with Gasteiger partial charge in [-0.1, -0.05) is 6.92 Å². The lowest BCUT2D eigenvalue weighted by atomic mass is 10.1. The summed E-state index contributed by atoms with van der Waals surface area (Å²) in [5, 5.41) is 3.26. The second-order valence-corrected chi connectivity index (χ2v) is 4.76. The first-order valence-corrected chi connectivity index (χ1v) is 6.57. The van der Waals surface area contributed by atoms with Gasteiger partial charge in [-0.15, -0.1) is 0 Å². The number of nitrogens with zero attached hydrogens (tertiary/aromatic N) is 2. The summed E-state index contributed by atoms with van der Waals surface area (Å²) in [6, 6.07) is 0.519. The first-order valence-electron chi connectivity index (χ1n) is 6.57. The van der Waals surface area contributed by atoms with Crippen LogP contribution in [0.3, 0.4) is 0 Å². The van der Waals surface area contributed by atoms with Crippen LogP contribution in [-0.2, 0) is 9.53 Å². The number of amides is 1. The molecule has 0 aromatic rings. The molecule has 0 radical (unpaired) electrons. The first kappa shape index (κ1) is 12.8. The fraction of sp³-hybridized carbons (Fsp3) is 0.917. The van der Waals surface area contributed by atoms with Gasteiger partial charge in [0.15, 0.2) is 0 Å². The summed E-state index contributed by atoms with van der Waals surface area (Å²) in [6.45, 7) is 9.94. The van der Waals surface area contributed by atoms with Gasteiger partial charge >= 0.3 is 0 Å². The lowest BCUT2D eigenvalue weighted by molar-refractivity contribution is -0.141. The fourth-order valence-corrected chi connectivity index (χ4v) is 2.55. The van der Waals surface area contributed by atoms with Crippen LogP contribution >= 0.6 is 0 Å². The molecule has 2 heterocycles. The van der Waals surface area contributed by atoms with Gasteiger partial charge < -0.3 is 15.0 Å². The molecule has 98 valence electrons. The average Bonchev–Trinajstić information content (AvgIpc) is 2.32. The van der Waals surface area contributed by atoms with Crippen molar-refractivity contribution in [2.75, 3.05) is 45.9 Å². The van der Waals surface area contributed by atoms with Gasteiger partial charge in [0.1, 0.15) is 0 Å². The number of morpholine rings is 1. The van der Waals surface area contributed by atoms with Crippen LogP contribution in [0.4, 0.5) is 0 Å². The first-order chi connectivity index (χ1) is 8.24. The van der Waals surface area contributed by atoms with Crippen molar-refractivity contribution in [3.8, 4) is 0 Å². The summed E-state index contributed by atoms with van der Waals surface area (Å²) in [4.78, 5) is 16.6. The van der Waals surface area contributed by atoms with Crippen molar-refractivity contribution >= 4 is 5.91 Å². The minimum Gasteiger partial charge on any atom is -0.378 e. The Morgan fingerprint density at radius 2 is 2.12 bits per heavy atom. The van der Waals surface area contributed by atoms with Gasteiger partial charge in [0.25, 0.3) is 0 Å². The number of carbonyl (C=O) groups is 1. The second-order valence-electron chi connectivity index (χ2n) is 4.76. The Morgan fingerprint density at radius 3 is 2.59 bits per heavy atom. The summed E-state index contributed by atoms with van der Waals surface area (Å²) in [7, 11) is 0. The topological polar surface area (TPSA) is 44.8 Å². The fourth-order valence-electron chi connectivity index (χ4n) is 2.55. The molecular formula is C12H23N3O2. The molecule has 5 heteroatoms. The zero-order valence-electron chi connectivity index (χ0n) is 10.8. The van der Waals surface area contributed by atoms with Gasteiger partial charge in [0, 0.05) is 32.2 Å². The quantitative estimate of drug-likeness (QED) is 0.722. The van der Waals surface area contributed by atoms with Crippen LogP contribution in [0.2, 0.25) is 0 Å². The molecule has 1 unspecified atom stereocenters. The number of carbonyl (C=O) groups excluding carboxylic acids is 1. The molecule has 2 fully saturated rings. The largest absolute Gasteiger partial charge is 0.378 e. The molecule has 2 rings (SSSR count). The summed E-state index contributed by atoms with van der Waals surface area (Å²) in [6.07, 6.45) is 0. The van der Waals surface area contributed by atoms with E-state index in [2.05, 4.69) is 17.1 Å². The highest BCUT2D eigenvalue weighted by atomic mass is 16.5. The van der Waals surface area contributed by atoms with E-state index in [1.54, 1.807) is 0 Å². The molecule has 2 aliphatic heterocycles. The lowest BCUT2D eigenvalue weighted by Crippen LogP contribution is -2.62. The van der Waals surface area contributed by atoms with Crippen LogP contribution in [0, 0.1) is 0 Å². The van der Waals surface area contributed by atoms with E-state index in [4.69, 9.17) is 4.74 Å². The maximum absolute atomic E-state index is 12.4. The lowest BCUT2D eigenvalue weighted by Gasteiger charge is -2.42. The Kier molecular flexibility index (Phi) is 4.36. The van der Waals surface area contributed by atoms with Crippen LogP contribution in [0.25, 0.3) is 0 Å². The average molecular weight is 241 g/mol. The normalized spacial score (nSPS) is 23.6. The van der Waals surface area contributed by atoms with Crippen molar-refractivity contribution < 1.29 is 9.53 Å². The van der Waals surface area contributed by atoms with E-state index in [1.807, 2.05) is 11.8 Å². The molecule has 17 heavy (non-hydrogen) atoms. The second kappa shape index (κ2) is 5.80. The Morgan fingerprint density at radius 1 is 1.47 bits per heavy atom. The number of nitrogens with one attached hydrogen (secondary N) is 1. The van der Waals surface area contributed by atoms with E-state index in [0.717, 1.165) is 32.7 Å². The van der Waals surface area contributed by atoms with Crippen molar-refractivity contribution in [3.05, 3.63) is 0 Å². The molecule has 0 aliphatic carbocycles. The third kappa shape index (κ3) is 2.78. The van der Waals surface area contributed by atoms with E-state index in [-0.39, 0.29) is 11.9 Å². The van der Waals surface area contributed by atoms with Crippen molar-refractivity contribution in [3.63, 3.8) is 0 Å². The highest BCUT2D eigenvalue weighted by Crippen LogP contribution is 2.12. The SMILES string of the molecule is CCN(C1CNC1)C(C)C(=O)N1CCOCC1. The molecule has 0 saturated carbocycles. The molecular weight excluding hydrogens is 218 g/mol. The van der Waals surface area contributed by atoms with Gasteiger partial charge in [-0.2, -0.15) is 0 Å². The predicted molar refractivity (Wildman–Crippen MR) is 65.9 cm³/mol. The van der Waals surface area contributed by atoms with Gasteiger partial charge in [-0.25, -0.2) is 0 Å². The summed E-state index contributed by atoms with van der Waals surface area (Å²) >= 11 is 0. The van der Waals surface area contributed by atoms with Gasteiger partial charge in [0.2, 0.25) is 5.91 Å². The molecule has 2 aliphatic rings. The number of rotatable bonds is 4. The van der Waals surface area contributed by atoms with Crippen molar-refractivity contribution in [2.45, 2.75) is 25.9 Å². The third-order valence-electron chi connectivity index (χ3n) is 3.77. The summed E-state index contributed by atoms with van der Waals surface area (Å²) in [5.41, 5.74) is 0. The highest BCUT2D eigenvalue weighted by Gasteiger charge is 2.32. The number of hydrogen-bond acceptors (Lipinski definition) is 4. The Hall–Kier alpha value is -0.650. The maximum atomic E-state index is 12.4.